The summed E-state index contributed by atoms with van der Waals surface area (Å²) in [7, 11) is 0. The predicted octanol–water partition coefficient (Wildman–Crippen LogP) is 8.37. The lowest BCUT2D eigenvalue weighted by Crippen LogP contribution is -2.26. The third-order valence-electron chi connectivity index (χ3n) is 5.58. The van der Waals surface area contributed by atoms with Crippen molar-refractivity contribution in [2.75, 3.05) is 0 Å². The highest BCUT2D eigenvalue weighted by Gasteiger charge is 2.42. The van der Waals surface area contributed by atoms with Gasteiger partial charge in [-0.2, -0.15) is 22.0 Å². The summed E-state index contributed by atoms with van der Waals surface area (Å²) in [4.78, 5) is 0. The zero-order valence-electron chi connectivity index (χ0n) is 16.3. The van der Waals surface area contributed by atoms with E-state index in [-0.39, 0.29) is 5.75 Å². The Balaban J connectivity index is 1.81. The summed E-state index contributed by atoms with van der Waals surface area (Å²) in [6, 6.07) is 5.89. The minimum absolute atomic E-state index is 0.342. The highest BCUT2D eigenvalue weighted by molar-refractivity contribution is 5.30. The van der Waals surface area contributed by atoms with Crippen LogP contribution < -0.4 is 4.74 Å². The summed E-state index contributed by atoms with van der Waals surface area (Å²) >= 11 is 0. The van der Waals surface area contributed by atoms with Crippen LogP contribution in [-0.4, -0.2) is 6.11 Å². The Bertz CT molecular complexity index is 614. The molecule has 28 heavy (non-hydrogen) atoms. The maximum Gasteiger partial charge on any atom is 0.459 e. The highest BCUT2D eigenvalue weighted by atomic mass is 19.3. The van der Waals surface area contributed by atoms with Crippen LogP contribution in [0.15, 0.2) is 36.2 Å². The Kier molecular flexibility index (Phi) is 8.77. The SMILES string of the molecule is CCCCCCCC1CCC(c2ccc(OC(F)(F)C(F)=C(F)F)cc2)CC1. The largest absolute Gasteiger partial charge is 0.459 e. The summed E-state index contributed by atoms with van der Waals surface area (Å²) in [6.45, 7) is 2.21. The normalized spacial score (nSPS) is 20.1. The minimum Gasteiger partial charge on any atom is -0.427 e. The van der Waals surface area contributed by atoms with Crippen LogP contribution in [0.5, 0.6) is 5.75 Å². The van der Waals surface area contributed by atoms with E-state index < -0.39 is 18.0 Å². The number of hydrogen-bond acceptors (Lipinski definition) is 1. The van der Waals surface area contributed by atoms with Crippen molar-refractivity contribution < 1.29 is 26.7 Å². The third kappa shape index (κ3) is 6.78. The fraction of sp³-hybridized carbons (Fsp3) is 0.636. The second-order valence-corrected chi connectivity index (χ2v) is 7.68. The molecule has 1 aliphatic carbocycles. The molecule has 1 fully saturated rings. The molecule has 0 radical (unpaired) electrons. The molecule has 1 aromatic rings. The van der Waals surface area contributed by atoms with Crippen molar-refractivity contribution in [3.63, 3.8) is 0 Å². The van der Waals surface area contributed by atoms with Crippen LogP contribution in [-0.2, 0) is 0 Å². The number of alkyl halides is 2. The molecule has 0 atom stereocenters. The number of unbranched alkanes of at least 4 members (excludes halogenated alkanes) is 4. The lowest BCUT2D eigenvalue weighted by molar-refractivity contribution is -0.159. The van der Waals surface area contributed by atoms with Gasteiger partial charge in [0.05, 0.1) is 0 Å². The van der Waals surface area contributed by atoms with Crippen molar-refractivity contribution in [2.45, 2.75) is 83.2 Å². The Morgan fingerprint density at radius 3 is 2.11 bits per heavy atom. The molecular formula is C22H29F5O. The van der Waals surface area contributed by atoms with E-state index in [0.29, 0.717) is 5.92 Å². The fourth-order valence-electron chi connectivity index (χ4n) is 3.93. The van der Waals surface area contributed by atoms with Crippen LogP contribution in [0.1, 0.15) is 82.6 Å². The zero-order valence-corrected chi connectivity index (χ0v) is 16.3. The van der Waals surface area contributed by atoms with E-state index >= 15 is 0 Å². The maximum atomic E-state index is 13.3. The first kappa shape index (κ1) is 22.7. The quantitative estimate of drug-likeness (QED) is 0.281. The molecule has 0 amide bonds. The molecule has 1 aromatic carbocycles. The summed E-state index contributed by atoms with van der Waals surface area (Å²) in [5.41, 5.74) is 1.02. The summed E-state index contributed by atoms with van der Waals surface area (Å²) in [5, 5.41) is 0. The van der Waals surface area contributed by atoms with Crippen LogP contribution in [0.4, 0.5) is 22.0 Å². The monoisotopic (exact) mass is 404 g/mol. The molecule has 0 heterocycles. The second-order valence-electron chi connectivity index (χ2n) is 7.68. The molecular weight excluding hydrogens is 375 g/mol. The number of rotatable bonds is 10. The van der Waals surface area contributed by atoms with Gasteiger partial charge in [0.15, 0.2) is 0 Å². The number of ether oxygens (including phenoxy) is 1. The Morgan fingerprint density at radius 1 is 0.929 bits per heavy atom. The summed E-state index contributed by atoms with van der Waals surface area (Å²) < 4.78 is 67.6. The smallest absolute Gasteiger partial charge is 0.427 e. The van der Waals surface area contributed by atoms with Crippen molar-refractivity contribution in [3.05, 3.63) is 41.7 Å². The van der Waals surface area contributed by atoms with E-state index in [9.17, 15) is 22.0 Å². The van der Waals surface area contributed by atoms with Gasteiger partial charge in [-0.15, -0.1) is 0 Å². The average molecular weight is 404 g/mol. The molecule has 2 rings (SSSR count). The van der Waals surface area contributed by atoms with Gasteiger partial charge < -0.3 is 4.74 Å². The Labute approximate surface area is 164 Å². The van der Waals surface area contributed by atoms with Gasteiger partial charge in [0, 0.05) is 0 Å². The van der Waals surface area contributed by atoms with E-state index in [4.69, 9.17) is 0 Å². The van der Waals surface area contributed by atoms with Gasteiger partial charge >= 0.3 is 12.2 Å². The number of benzene rings is 1. The average Bonchev–Trinajstić information content (AvgIpc) is 2.68. The molecule has 0 bridgehead atoms. The van der Waals surface area contributed by atoms with Gasteiger partial charge in [-0.3, -0.25) is 0 Å². The molecule has 6 heteroatoms. The van der Waals surface area contributed by atoms with Gasteiger partial charge in [-0.05, 0) is 55.2 Å². The van der Waals surface area contributed by atoms with Crippen LogP contribution in [0.25, 0.3) is 0 Å². The van der Waals surface area contributed by atoms with E-state index in [1.165, 1.54) is 63.5 Å². The van der Waals surface area contributed by atoms with Crippen molar-refractivity contribution in [3.8, 4) is 5.75 Å². The fourth-order valence-corrected chi connectivity index (χ4v) is 3.93. The maximum absolute atomic E-state index is 13.3. The van der Waals surface area contributed by atoms with Gasteiger partial charge in [0.2, 0.25) is 0 Å². The standard InChI is InChI=1S/C22H29F5O/c1-2-3-4-5-6-7-16-8-10-17(11-9-16)18-12-14-19(15-13-18)28-22(26,27)20(23)21(24)25/h12-17H,2-11H2,1H3. The van der Waals surface area contributed by atoms with Crippen molar-refractivity contribution >= 4 is 0 Å². The predicted molar refractivity (Wildman–Crippen MR) is 100 cm³/mol. The third-order valence-corrected chi connectivity index (χ3v) is 5.58. The van der Waals surface area contributed by atoms with E-state index in [1.54, 1.807) is 12.1 Å². The number of halogens is 5. The lowest BCUT2D eigenvalue weighted by atomic mass is 9.77. The zero-order chi connectivity index (χ0) is 20.6. The molecule has 0 aromatic heterocycles. The molecule has 0 N–H and O–H groups in total. The molecule has 1 nitrogen and oxygen atoms in total. The summed E-state index contributed by atoms with van der Waals surface area (Å²) in [6.07, 6.45) is 4.46. The van der Waals surface area contributed by atoms with E-state index in [0.717, 1.165) is 24.3 Å². The first-order chi connectivity index (χ1) is 13.3. The highest BCUT2D eigenvalue weighted by Crippen LogP contribution is 2.39. The minimum atomic E-state index is -4.67. The Morgan fingerprint density at radius 2 is 1.54 bits per heavy atom. The topological polar surface area (TPSA) is 9.23 Å². The molecule has 0 aliphatic heterocycles. The van der Waals surface area contributed by atoms with Crippen LogP contribution in [0, 0.1) is 5.92 Å². The molecule has 0 saturated heterocycles. The van der Waals surface area contributed by atoms with Gasteiger partial charge in [0.25, 0.3) is 5.83 Å². The van der Waals surface area contributed by atoms with Gasteiger partial charge in [0.1, 0.15) is 5.75 Å². The first-order valence-electron chi connectivity index (χ1n) is 10.2. The van der Waals surface area contributed by atoms with E-state index in [2.05, 4.69) is 11.7 Å². The summed E-state index contributed by atoms with van der Waals surface area (Å²) in [5.74, 6) is -2.06. The lowest BCUT2D eigenvalue weighted by Gasteiger charge is -2.29. The van der Waals surface area contributed by atoms with Gasteiger partial charge in [-0.25, -0.2) is 0 Å². The second kappa shape index (κ2) is 10.8. The van der Waals surface area contributed by atoms with Crippen molar-refractivity contribution in [2.24, 2.45) is 5.92 Å². The van der Waals surface area contributed by atoms with E-state index in [1.807, 2.05) is 0 Å². The van der Waals surface area contributed by atoms with Crippen LogP contribution >= 0.6 is 0 Å². The van der Waals surface area contributed by atoms with Crippen LogP contribution in [0.2, 0.25) is 0 Å². The first-order valence-corrected chi connectivity index (χ1v) is 10.2. The van der Waals surface area contributed by atoms with Crippen molar-refractivity contribution in [1.29, 1.82) is 0 Å². The van der Waals surface area contributed by atoms with Crippen LogP contribution in [0.3, 0.4) is 0 Å². The van der Waals surface area contributed by atoms with Crippen molar-refractivity contribution in [1.82, 2.24) is 0 Å². The molecule has 0 unspecified atom stereocenters. The molecule has 158 valence electrons. The molecule has 1 saturated carbocycles. The van der Waals surface area contributed by atoms with Gasteiger partial charge in [-0.1, -0.05) is 57.6 Å². The molecule has 1 aliphatic rings. The Hall–Kier alpha value is -1.59. The number of hydrogen-bond donors (Lipinski definition) is 0. The molecule has 0 spiro atoms.